The van der Waals surface area contributed by atoms with Crippen molar-refractivity contribution in [3.05, 3.63) is 40.7 Å². The van der Waals surface area contributed by atoms with E-state index in [1.165, 1.54) is 0 Å². The maximum Gasteiger partial charge on any atom is 0.344 e. The minimum Gasteiger partial charge on any atom is -0.477 e. The number of amides is 2. The van der Waals surface area contributed by atoms with Gasteiger partial charge in [-0.2, -0.15) is 4.37 Å². The minimum absolute atomic E-state index is 0.0536. The molecular weight excluding hydrogens is 427 g/mol. The van der Waals surface area contributed by atoms with Crippen molar-refractivity contribution in [2.75, 3.05) is 44.7 Å². The van der Waals surface area contributed by atoms with Crippen LogP contribution in [0.1, 0.15) is 27.9 Å². The Balaban J connectivity index is 1.52. The first-order valence-corrected chi connectivity index (χ1v) is 10.7. The Labute approximate surface area is 183 Å². The predicted molar refractivity (Wildman–Crippen MR) is 113 cm³/mol. The third kappa shape index (κ3) is 6.36. The quantitative estimate of drug-likeness (QED) is 0.502. The van der Waals surface area contributed by atoms with E-state index in [0.29, 0.717) is 12.1 Å². The number of ether oxygens (including phenoxy) is 2. The van der Waals surface area contributed by atoms with Crippen LogP contribution in [0.5, 0.6) is 5.88 Å². The van der Waals surface area contributed by atoms with Crippen LogP contribution in [-0.4, -0.2) is 65.8 Å². The lowest BCUT2D eigenvalue weighted by Gasteiger charge is -2.26. The molecule has 0 spiro atoms. The number of anilines is 1. The highest BCUT2D eigenvalue weighted by atomic mass is 32.1. The van der Waals surface area contributed by atoms with Crippen molar-refractivity contribution in [3.8, 4) is 5.88 Å². The second-order valence-electron chi connectivity index (χ2n) is 7.02. The Morgan fingerprint density at radius 3 is 2.87 bits per heavy atom. The molecule has 1 aromatic carbocycles. The number of benzene rings is 1. The molecule has 0 radical (unpaired) electrons. The maximum atomic E-state index is 14.1. The highest BCUT2D eigenvalue weighted by molar-refractivity contribution is 7.11. The van der Waals surface area contributed by atoms with Crippen molar-refractivity contribution in [1.82, 2.24) is 14.6 Å². The van der Waals surface area contributed by atoms with Gasteiger partial charge in [-0.15, -0.1) is 0 Å². The molecule has 2 heterocycles. The number of carboxylic acids is 1. The van der Waals surface area contributed by atoms with Crippen LogP contribution in [0.2, 0.25) is 0 Å². The van der Waals surface area contributed by atoms with Crippen LogP contribution in [0.4, 0.5) is 14.2 Å². The van der Waals surface area contributed by atoms with Gasteiger partial charge >= 0.3 is 12.0 Å². The van der Waals surface area contributed by atoms with E-state index in [1.807, 2.05) is 0 Å². The molecule has 9 nitrogen and oxygen atoms in total. The standard InChI is InChI=1S/C20H25FN4O5S/c1-13-4-2-5-14(16(13)21)12-30-17-15(19(26)27)18(31-24-17)23-20(28)22-6-3-7-25-8-10-29-11-9-25/h2,4-5H,3,6-12H2,1H3,(H,26,27)(H2,22,23,28). The van der Waals surface area contributed by atoms with E-state index in [1.54, 1.807) is 25.1 Å². The number of halogens is 1. The van der Waals surface area contributed by atoms with E-state index >= 15 is 0 Å². The summed E-state index contributed by atoms with van der Waals surface area (Å²) in [5, 5.41) is 14.8. The van der Waals surface area contributed by atoms with E-state index in [0.717, 1.165) is 50.8 Å². The molecule has 1 aromatic heterocycles. The molecule has 0 atom stereocenters. The highest BCUT2D eigenvalue weighted by Gasteiger charge is 2.24. The van der Waals surface area contributed by atoms with Gasteiger partial charge in [0.2, 0.25) is 5.88 Å². The molecule has 3 rings (SSSR count). The number of morpholine rings is 1. The number of carboxylic acid groups (broad SMARTS) is 1. The Hall–Kier alpha value is -2.76. The number of aryl methyl sites for hydroxylation is 1. The summed E-state index contributed by atoms with van der Waals surface area (Å²) in [5.74, 6) is -1.87. The zero-order chi connectivity index (χ0) is 22.2. The molecule has 11 heteroatoms. The largest absolute Gasteiger partial charge is 0.477 e. The molecule has 0 unspecified atom stereocenters. The van der Waals surface area contributed by atoms with Crippen molar-refractivity contribution in [3.63, 3.8) is 0 Å². The second-order valence-corrected chi connectivity index (χ2v) is 7.80. The molecule has 0 aliphatic carbocycles. The molecule has 2 aromatic rings. The van der Waals surface area contributed by atoms with Gasteiger partial charge < -0.3 is 19.9 Å². The summed E-state index contributed by atoms with van der Waals surface area (Å²) in [7, 11) is 0. The van der Waals surface area contributed by atoms with Crippen molar-refractivity contribution >= 4 is 28.5 Å². The van der Waals surface area contributed by atoms with Crippen LogP contribution in [0.3, 0.4) is 0 Å². The SMILES string of the molecule is Cc1cccc(COc2nsc(NC(=O)NCCCN3CCOCC3)c2C(=O)O)c1F. The van der Waals surface area contributed by atoms with Gasteiger partial charge in [0, 0.05) is 25.2 Å². The number of carbonyl (C=O) groups excluding carboxylic acids is 1. The molecule has 0 saturated carbocycles. The smallest absolute Gasteiger partial charge is 0.344 e. The van der Waals surface area contributed by atoms with Gasteiger partial charge in [0.15, 0.2) is 5.56 Å². The van der Waals surface area contributed by atoms with Crippen LogP contribution < -0.4 is 15.4 Å². The van der Waals surface area contributed by atoms with Gasteiger partial charge in [0.1, 0.15) is 17.4 Å². The number of nitrogens with zero attached hydrogens (tertiary/aromatic N) is 2. The van der Waals surface area contributed by atoms with Gasteiger partial charge in [-0.3, -0.25) is 10.2 Å². The molecule has 1 aliphatic rings. The number of carbonyl (C=O) groups is 2. The fourth-order valence-corrected chi connectivity index (χ4v) is 3.81. The topological polar surface area (TPSA) is 113 Å². The summed E-state index contributed by atoms with van der Waals surface area (Å²) < 4.78 is 28.8. The Morgan fingerprint density at radius 2 is 2.13 bits per heavy atom. The van der Waals surface area contributed by atoms with E-state index in [-0.39, 0.29) is 28.6 Å². The third-order valence-corrected chi connectivity index (χ3v) is 5.52. The maximum absolute atomic E-state index is 14.1. The van der Waals surface area contributed by atoms with Crippen molar-refractivity contribution < 1.29 is 28.6 Å². The monoisotopic (exact) mass is 452 g/mol. The molecule has 168 valence electrons. The molecule has 3 N–H and O–H groups in total. The Bertz CT molecular complexity index is 917. The van der Waals surface area contributed by atoms with Crippen molar-refractivity contribution in [2.45, 2.75) is 20.0 Å². The summed E-state index contributed by atoms with van der Waals surface area (Å²) in [6.07, 6.45) is 0.762. The van der Waals surface area contributed by atoms with Gasteiger partial charge in [0.05, 0.1) is 13.2 Å². The summed E-state index contributed by atoms with van der Waals surface area (Å²) in [5.41, 5.74) is 0.490. The lowest BCUT2D eigenvalue weighted by atomic mass is 10.1. The number of aromatic carboxylic acids is 1. The zero-order valence-corrected chi connectivity index (χ0v) is 18.0. The summed E-state index contributed by atoms with van der Waals surface area (Å²) in [6.45, 7) is 5.94. The number of rotatable bonds is 9. The van der Waals surface area contributed by atoms with Crippen LogP contribution in [-0.2, 0) is 11.3 Å². The molecule has 31 heavy (non-hydrogen) atoms. The number of hydrogen-bond acceptors (Lipinski definition) is 7. The average molecular weight is 453 g/mol. The first-order valence-electron chi connectivity index (χ1n) is 9.90. The lowest BCUT2D eigenvalue weighted by molar-refractivity contribution is 0.0375. The lowest BCUT2D eigenvalue weighted by Crippen LogP contribution is -2.38. The van der Waals surface area contributed by atoms with Crippen molar-refractivity contribution in [1.29, 1.82) is 0 Å². The second kappa shape index (κ2) is 11.0. The fourth-order valence-electron chi connectivity index (χ4n) is 3.09. The van der Waals surface area contributed by atoms with E-state index < -0.39 is 17.8 Å². The molecule has 1 saturated heterocycles. The van der Waals surface area contributed by atoms with E-state index in [4.69, 9.17) is 9.47 Å². The van der Waals surface area contributed by atoms with Crippen molar-refractivity contribution in [2.24, 2.45) is 0 Å². The van der Waals surface area contributed by atoms with E-state index in [2.05, 4.69) is 19.9 Å². The summed E-state index contributed by atoms with van der Waals surface area (Å²) >= 11 is 0.794. The molecular formula is C20H25FN4O5S. The average Bonchev–Trinajstić information content (AvgIpc) is 3.15. The Kier molecular flexibility index (Phi) is 8.15. The number of urea groups is 1. The zero-order valence-electron chi connectivity index (χ0n) is 17.1. The Morgan fingerprint density at radius 1 is 1.35 bits per heavy atom. The number of aromatic nitrogens is 1. The van der Waals surface area contributed by atoms with E-state index in [9.17, 15) is 19.1 Å². The van der Waals surface area contributed by atoms with Crippen LogP contribution in [0, 0.1) is 12.7 Å². The first-order chi connectivity index (χ1) is 15.0. The van der Waals surface area contributed by atoms with Gasteiger partial charge in [-0.25, -0.2) is 14.0 Å². The minimum atomic E-state index is -1.30. The summed E-state index contributed by atoms with van der Waals surface area (Å²) in [6, 6.07) is 4.35. The highest BCUT2D eigenvalue weighted by Crippen LogP contribution is 2.31. The normalized spacial score (nSPS) is 14.3. The molecule has 1 aliphatic heterocycles. The molecule has 0 bridgehead atoms. The number of hydrogen-bond donors (Lipinski definition) is 3. The van der Waals surface area contributed by atoms with Crippen LogP contribution in [0.25, 0.3) is 0 Å². The predicted octanol–water partition coefficient (Wildman–Crippen LogP) is 2.71. The fraction of sp³-hybridized carbons (Fsp3) is 0.450. The molecule has 2 amide bonds. The van der Waals surface area contributed by atoms with Crippen LogP contribution >= 0.6 is 11.5 Å². The van der Waals surface area contributed by atoms with Gasteiger partial charge in [-0.05, 0) is 37.0 Å². The van der Waals surface area contributed by atoms with Gasteiger partial charge in [0.25, 0.3) is 0 Å². The molecule has 1 fully saturated rings. The van der Waals surface area contributed by atoms with Crippen LogP contribution in [0.15, 0.2) is 18.2 Å². The van der Waals surface area contributed by atoms with Gasteiger partial charge in [-0.1, -0.05) is 18.2 Å². The first kappa shape index (κ1) is 22.9. The summed E-state index contributed by atoms with van der Waals surface area (Å²) in [4.78, 5) is 26.1. The number of nitrogens with one attached hydrogen (secondary N) is 2. The third-order valence-electron chi connectivity index (χ3n) is 4.78.